The number of hydrogen-bond acceptors (Lipinski definition) is 3. The van der Waals surface area contributed by atoms with Gasteiger partial charge in [-0.2, -0.15) is 0 Å². The predicted octanol–water partition coefficient (Wildman–Crippen LogP) is 1.58. The minimum Gasteiger partial charge on any atom is -0.424 e. The van der Waals surface area contributed by atoms with Gasteiger partial charge in [-0.3, -0.25) is 0 Å². The molecule has 0 spiro atoms. The van der Waals surface area contributed by atoms with Gasteiger partial charge in [0.25, 0.3) is 0 Å². The molecular formula is C10H12O3. The number of epoxide rings is 1. The monoisotopic (exact) mass is 180 g/mol. The zero-order valence-corrected chi connectivity index (χ0v) is 7.96. The highest BCUT2D eigenvalue weighted by Gasteiger charge is 2.52. The van der Waals surface area contributed by atoms with Gasteiger partial charge in [-0.1, -0.05) is 0 Å². The summed E-state index contributed by atoms with van der Waals surface area (Å²) in [5, 5.41) is 0. The lowest BCUT2D eigenvalue weighted by Gasteiger charge is -2.03. The van der Waals surface area contributed by atoms with Crippen molar-refractivity contribution in [2.24, 2.45) is 0 Å². The zero-order chi connectivity index (χ0) is 9.64. The molecule has 0 radical (unpaired) electrons. The van der Waals surface area contributed by atoms with Gasteiger partial charge in [0.15, 0.2) is 0 Å². The average molecular weight is 180 g/mol. The van der Waals surface area contributed by atoms with Crippen LogP contribution >= 0.6 is 0 Å². The molecule has 70 valence electrons. The van der Waals surface area contributed by atoms with E-state index in [-0.39, 0.29) is 17.3 Å². The van der Waals surface area contributed by atoms with Crippen molar-refractivity contribution in [3.8, 4) is 0 Å². The highest BCUT2D eigenvalue weighted by Crippen LogP contribution is 2.44. The normalized spacial score (nSPS) is 31.8. The van der Waals surface area contributed by atoms with Crippen LogP contribution in [-0.2, 0) is 10.3 Å². The first-order valence-corrected chi connectivity index (χ1v) is 4.33. The molecule has 1 saturated heterocycles. The third kappa shape index (κ3) is 1.20. The third-order valence-corrected chi connectivity index (χ3v) is 2.64. The van der Waals surface area contributed by atoms with Gasteiger partial charge in [-0.05, 0) is 32.9 Å². The quantitative estimate of drug-likeness (QED) is 0.616. The molecule has 3 heteroatoms. The molecule has 0 aliphatic carbocycles. The molecule has 1 aliphatic heterocycles. The maximum atomic E-state index is 11.2. The van der Waals surface area contributed by atoms with Crippen molar-refractivity contribution in [3.63, 3.8) is 0 Å². The predicted molar refractivity (Wildman–Crippen MR) is 47.6 cm³/mol. The Hall–Kier alpha value is -1.09. The van der Waals surface area contributed by atoms with Crippen LogP contribution in [0.5, 0.6) is 0 Å². The van der Waals surface area contributed by atoms with E-state index in [2.05, 4.69) is 0 Å². The zero-order valence-electron chi connectivity index (χ0n) is 7.96. The molecule has 2 atom stereocenters. The third-order valence-electron chi connectivity index (χ3n) is 2.64. The molecule has 2 heterocycles. The second-order valence-corrected chi connectivity index (χ2v) is 3.64. The highest BCUT2D eigenvalue weighted by atomic mass is 16.6. The summed E-state index contributed by atoms with van der Waals surface area (Å²) in [6.07, 6.45) is 0.137. The molecule has 0 N–H and O–H groups in total. The van der Waals surface area contributed by atoms with Crippen molar-refractivity contribution >= 4 is 0 Å². The number of ether oxygens (including phenoxy) is 1. The van der Waals surface area contributed by atoms with Gasteiger partial charge in [-0.15, -0.1) is 0 Å². The van der Waals surface area contributed by atoms with E-state index in [0.717, 1.165) is 0 Å². The van der Waals surface area contributed by atoms with Crippen LogP contribution in [0.15, 0.2) is 21.3 Å². The summed E-state index contributed by atoms with van der Waals surface area (Å²) in [4.78, 5) is 11.2. The SMILES string of the molecule is Cc1ccc([C@]2(C)O[C@@H]2C)oc1=O. The fourth-order valence-corrected chi connectivity index (χ4v) is 1.34. The summed E-state index contributed by atoms with van der Waals surface area (Å²) in [6, 6.07) is 3.57. The van der Waals surface area contributed by atoms with E-state index in [1.807, 2.05) is 13.8 Å². The van der Waals surface area contributed by atoms with Crippen molar-refractivity contribution < 1.29 is 9.15 Å². The van der Waals surface area contributed by atoms with E-state index in [0.29, 0.717) is 11.3 Å². The maximum Gasteiger partial charge on any atom is 0.338 e. The summed E-state index contributed by atoms with van der Waals surface area (Å²) in [5.41, 5.74) is -0.0329. The Morgan fingerprint density at radius 3 is 2.54 bits per heavy atom. The Balaban J connectivity index is 2.44. The smallest absolute Gasteiger partial charge is 0.338 e. The van der Waals surface area contributed by atoms with Crippen LogP contribution in [-0.4, -0.2) is 6.10 Å². The minimum atomic E-state index is -0.382. The Kier molecular flexibility index (Phi) is 1.60. The molecule has 0 amide bonds. The summed E-state index contributed by atoms with van der Waals surface area (Å²) in [5.74, 6) is 0.621. The Bertz CT molecular complexity index is 393. The van der Waals surface area contributed by atoms with E-state index in [4.69, 9.17) is 9.15 Å². The summed E-state index contributed by atoms with van der Waals surface area (Å²) >= 11 is 0. The highest BCUT2D eigenvalue weighted by molar-refractivity contribution is 5.19. The largest absolute Gasteiger partial charge is 0.424 e. The topological polar surface area (TPSA) is 42.7 Å². The number of rotatable bonds is 1. The molecular weight excluding hydrogens is 168 g/mol. The van der Waals surface area contributed by atoms with Gasteiger partial charge >= 0.3 is 5.63 Å². The standard InChI is InChI=1S/C10H12O3/c1-6-4-5-8(12-9(6)11)10(3)7(2)13-10/h4-5,7H,1-3H3/t7-,10-/m1/s1. The van der Waals surface area contributed by atoms with Gasteiger partial charge in [0.05, 0.1) is 6.10 Å². The fourth-order valence-electron chi connectivity index (χ4n) is 1.34. The fraction of sp³-hybridized carbons (Fsp3) is 0.500. The Morgan fingerprint density at radius 2 is 2.08 bits per heavy atom. The molecule has 0 bridgehead atoms. The lowest BCUT2D eigenvalue weighted by atomic mass is 10.1. The van der Waals surface area contributed by atoms with Crippen LogP contribution in [0.3, 0.4) is 0 Å². The van der Waals surface area contributed by atoms with Crippen LogP contribution in [0.2, 0.25) is 0 Å². The van der Waals surface area contributed by atoms with E-state index in [1.165, 1.54) is 0 Å². The molecule has 1 aromatic heterocycles. The van der Waals surface area contributed by atoms with Crippen LogP contribution in [0.1, 0.15) is 25.2 Å². The Labute approximate surface area is 76.3 Å². The van der Waals surface area contributed by atoms with Crippen molar-refractivity contribution in [2.45, 2.75) is 32.5 Å². The average Bonchev–Trinajstić information content (AvgIpc) is 2.67. The van der Waals surface area contributed by atoms with E-state index in [9.17, 15) is 4.79 Å². The van der Waals surface area contributed by atoms with Crippen molar-refractivity contribution in [3.05, 3.63) is 33.9 Å². The van der Waals surface area contributed by atoms with E-state index in [1.54, 1.807) is 19.1 Å². The molecule has 0 unspecified atom stereocenters. The first-order valence-electron chi connectivity index (χ1n) is 4.33. The maximum absolute atomic E-state index is 11.2. The Morgan fingerprint density at radius 1 is 1.46 bits per heavy atom. The first kappa shape index (κ1) is 8.51. The van der Waals surface area contributed by atoms with Gasteiger partial charge in [0.1, 0.15) is 11.4 Å². The van der Waals surface area contributed by atoms with Crippen LogP contribution in [0.4, 0.5) is 0 Å². The van der Waals surface area contributed by atoms with Crippen LogP contribution in [0, 0.1) is 6.92 Å². The van der Waals surface area contributed by atoms with Gasteiger partial charge in [0.2, 0.25) is 0 Å². The molecule has 1 aromatic rings. The van der Waals surface area contributed by atoms with Crippen molar-refractivity contribution in [1.29, 1.82) is 0 Å². The molecule has 3 nitrogen and oxygen atoms in total. The van der Waals surface area contributed by atoms with Gasteiger partial charge in [0, 0.05) is 5.56 Å². The summed E-state index contributed by atoms with van der Waals surface area (Å²) in [6.45, 7) is 5.61. The molecule has 13 heavy (non-hydrogen) atoms. The summed E-state index contributed by atoms with van der Waals surface area (Å²) < 4.78 is 10.5. The van der Waals surface area contributed by atoms with Crippen molar-refractivity contribution in [1.82, 2.24) is 0 Å². The second kappa shape index (κ2) is 2.45. The van der Waals surface area contributed by atoms with E-state index < -0.39 is 0 Å². The van der Waals surface area contributed by atoms with Gasteiger partial charge in [-0.25, -0.2) is 4.79 Å². The molecule has 0 aromatic carbocycles. The lowest BCUT2D eigenvalue weighted by molar-refractivity contribution is 0.269. The molecule has 2 rings (SSSR count). The first-order chi connectivity index (χ1) is 6.04. The molecule has 1 fully saturated rings. The van der Waals surface area contributed by atoms with Gasteiger partial charge < -0.3 is 9.15 Å². The summed E-state index contributed by atoms with van der Waals surface area (Å²) in [7, 11) is 0. The van der Waals surface area contributed by atoms with Crippen LogP contribution in [0.25, 0.3) is 0 Å². The number of hydrogen-bond donors (Lipinski definition) is 0. The molecule has 1 aliphatic rings. The minimum absolute atomic E-state index is 0.137. The van der Waals surface area contributed by atoms with Crippen molar-refractivity contribution in [2.75, 3.05) is 0 Å². The molecule has 0 saturated carbocycles. The number of aryl methyl sites for hydroxylation is 1. The second-order valence-electron chi connectivity index (χ2n) is 3.64. The van der Waals surface area contributed by atoms with E-state index >= 15 is 0 Å². The van der Waals surface area contributed by atoms with Crippen LogP contribution < -0.4 is 5.63 Å². The lowest BCUT2D eigenvalue weighted by Crippen LogP contribution is -2.11.